The van der Waals surface area contributed by atoms with E-state index in [1.807, 2.05) is 41.3 Å². The first-order valence-electron chi connectivity index (χ1n) is 22.9. The standard InChI is InChI=1S/C52H56N8O2/c61-51(47(39-15-5-1-6-16-39)57-29-9-3-10-30-57)59-33-13-19-45(59)49-53-36-42(54-49)27-23-37-21-24-38(25-22-37)41-26-28-43-44(35-41)56-50(55-43)46-20-14-34-60(46)52(62)48(40-17-7-2-8-18-40)58-31-11-4-12-32-58/h1-2,5-8,15-18,21-22,24-26,28,35-36,45-48H,3-4,9-14,19-20,29-34H2,(H,53,54)(H,55,56). The fraction of sp³-hybridized carbons (Fsp3) is 0.385. The molecule has 6 heterocycles. The monoisotopic (exact) mass is 824 g/mol. The number of piperidine rings is 2. The molecule has 4 fully saturated rings. The van der Waals surface area contributed by atoms with E-state index in [-0.39, 0.29) is 36.0 Å². The Labute approximate surface area is 364 Å². The summed E-state index contributed by atoms with van der Waals surface area (Å²) in [4.78, 5) is 54.5. The van der Waals surface area contributed by atoms with E-state index in [2.05, 4.69) is 103 Å². The minimum absolute atomic E-state index is 0.0748. The van der Waals surface area contributed by atoms with Crippen LogP contribution in [0.3, 0.4) is 0 Å². The maximum atomic E-state index is 14.4. The third-order valence-corrected chi connectivity index (χ3v) is 13.6. The van der Waals surface area contributed by atoms with Gasteiger partial charge in [-0.15, -0.1) is 0 Å². The summed E-state index contributed by atoms with van der Waals surface area (Å²) in [5, 5.41) is 0. The Morgan fingerprint density at radius 3 is 1.69 bits per heavy atom. The molecule has 0 aliphatic carbocycles. The molecule has 6 aromatic rings. The van der Waals surface area contributed by atoms with Gasteiger partial charge in [-0.05, 0) is 130 Å². The fourth-order valence-electron chi connectivity index (χ4n) is 10.4. The lowest BCUT2D eigenvalue weighted by Gasteiger charge is -2.37. The lowest BCUT2D eigenvalue weighted by molar-refractivity contribution is -0.139. The van der Waals surface area contributed by atoms with Crippen molar-refractivity contribution in [1.82, 2.24) is 39.5 Å². The van der Waals surface area contributed by atoms with Gasteiger partial charge in [-0.1, -0.05) is 97.6 Å². The van der Waals surface area contributed by atoms with Crippen LogP contribution in [0.4, 0.5) is 0 Å². The van der Waals surface area contributed by atoms with Crippen molar-refractivity contribution in [1.29, 1.82) is 0 Å². The van der Waals surface area contributed by atoms with Crippen LogP contribution in [0.15, 0.2) is 109 Å². The predicted molar refractivity (Wildman–Crippen MR) is 243 cm³/mol. The van der Waals surface area contributed by atoms with Gasteiger partial charge in [0.15, 0.2) is 0 Å². The van der Waals surface area contributed by atoms with Gasteiger partial charge in [-0.3, -0.25) is 19.4 Å². The van der Waals surface area contributed by atoms with Crippen LogP contribution < -0.4 is 0 Å². The Morgan fingerprint density at radius 2 is 1.11 bits per heavy atom. The molecular formula is C52H56N8O2. The summed E-state index contributed by atoms with van der Waals surface area (Å²) < 4.78 is 0. The molecule has 0 saturated carbocycles. The van der Waals surface area contributed by atoms with Crippen molar-refractivity contribution in [3.05, 3.63) is 143 Å². The van der Waals surface area contributed by atoms with Crippen LogP contribution in [0.25, 0.3) is 22.2 Å². The van der Waals surface area contributed by atoms with Gasteiger partial charge in [-0.25, -0.2) is 9.97 Å². The highest BCUT2D eigenvalue weighted by Gasteiger charge is 2.40. The smallest absolute Gasteiger partial charge is 0.245 e. The van der Waals surface area contributed by atoms with E-state index < -0.39 is 0 Å². The molecule has 4 saturated heterocycles. The average molecular weight is 825 g/mol. The number of aromatic amines is 2. The number of likely N-dealkylation sites (tertiary alicyclic amines) is 4. The maximum Gasteiger partial charge on any atom is 0.245 e. The van der Waals surface area contributed by atoms with Gasteiger partial charge < -0.3 is 19.8 Å². The van der Waals surface area contributed by atoms with Crippen molar-refractivity contribution in [3.63, 3.8) is 0 Å². The van der Waals surface area contributed by atoms with Crippen LogP contribution in [0.2, 0.25) is 0 Å². The number of amides is 2. The summed E-state index contributed by atoms with van der Waals surface area (Å²) in [5.41, 5.74) is 7.84. The molecule has 2 aromatic heterocycles. The maximum absolute atomic E-state index is 14.4. The quantitative estimate of drug-likeness (QED) is 0.141. The second-order valence-electron chi connectivity index (χ2n) is 17.6. The van der Waals surface area contributed by atoms with Crippen LogP contribution in [-0.2, 0) is 9.59 Å². The number of fused-ring (bicyclic) bond motifs is 1. The highest BCUT2D eigenvalue weighted by atomic mass is 16.2. The SMILES string of the molecule is O=C(C(c1ccccc1)N1CCCCC1)N1CCCC1c1ncc(C#Cc2ccc(-c3ccc4nc(C5CCCN5C(=O)C(c5ccccc5)N5CCCCC5)[nH]c4c3)cc2)[nH]1. The molecule has 10 nitrogen and oxygen atoms in total. The van der Waals surface area contributed by atoms with E-state index in [9.17, 15) is 9.59 Å². The van der Waals surface area contributed by atoms with Gasteiger partial charge >= 0.3 is 0 Å². The average Bonchev–Trinajstić information content (AvgIpc) is 4.17. The van der Waals surface area contributed by atoms with E-state index in [1.165, 1.54) is 12.8 Å². The first kappa shape index (κ1) is 40.1. The molecular weight excluding hydrogens is 769 g/mol. The molecule has 316 valence electrons. The lowest BCUT2D eigenvalue weighted by Crippen LogP contribution is -2.44. The molecule has 0 radical (unpaired) electrons. The Kier molecular flexibility index (Phi) is 11.7. The number of rotatable bonds is 9. The predicted octanol–water partition coefficient (Wildman–Crippen LogP) is 9.13. The minimum atomic E-state index is -0.268. The summed E-state index contributed by atoms with van der Waals surface area (Å²) in [6.07, 6.45) is 12.5. The van der Waals surface area contributed by atoms with Crippen molar-refractivity contribution in [2.75, 3.05) is 39.3 Å². The summed E-state index contributed by atoms with van der Waals surface area (Å²) in [6.45, 7) is 5.28. The molecule has 0 bridgehead atoms. The number of aromatic nitrogens is 4. The van der Waals surface area contributed by atoms with E-state index >= 15 is 0 Å². The first-order chi connectivity index (χ1) is 30.6. The van der Waals surface area contributed by atoms with Crippen LogP contribution in [0.5, 0.6) is 0 Å². The summed E-state index contributed by atoms with van der Waals surface area (Å²) >= 11 is 0. The molecule has 4 aliphatic heterocycles. The number of imidazole rings is 2. The molecule has 2 N–H and O–H groups in total. The van der Waals surface area contributed by atoms with Gasteiger partial charge in [0, 0.05) is 18.7 Å². The number of hydrogen-bond donors (Lipinski definition) is 2. The van der Waals surface area contributed by atoms with Crippen molar-refractivity contribution >= 4 is 22.8 Å². The van der Waals surface area contributed by atoms with Crippen LogP contribution in [0.1, 0.15) is 122 Å². The number of benzene rings is 4. The van der Waals surface area contributed by atoms with E-state index in [4.69, 9.17) is 9.97 Å². The number of H-pyrrole nitrogens is 2. The molecule has 2 amide bonds. The Bertz CT molecular complexity index is 2540. The van der Waals surface area contributed by atoms with Gasteiger partial charge in [0.1, 0.15) is 29.4 Å². The summed E-state index contributed by atoms with van der Waals surface area (Å²) in [6, 6.07) is 34.6. The minimum Gasteiger partial charge on any atom is -0.340 e. The van der Waals surface area contributed by atoms with Crippen molar-refractivity contribution in [2.24, 2.45) is 0 Å². The van der Waals surface area contributed by atoms with Crippen molar-refractivity contribution in [2.45, 2.75) is 88.4 Å². The highest BCUT2D eigenvalue weighted by Crippen LogP contribution is 2.38. The van der Waals surface area contributed by atoms with Crippen LogP contribution in [0, 0.1) is 11.8 Å². The van der Waals surface area contributed by atoms with Gasteiger partial charge in [0.25, 0.3) is 0 Å². The van der Waals surface area contributed by atoms with E-state index in [1.54, 1.807) is 6.20 Å². The molecule has 4 aromatic carbocycles. The number of carbonyl (C=O) groups is 2. The third-order valence-electron chi connectivity index (χ3n) is 13.6. The molecule has 4 aliphatic rings. The number of carbonyl (C=O) groups excluding carboxylic acids is 2. The second-order valence-corrected chi connectivity index (χ2v) is 17.6. The first-order valence-corrected chi connectivity index (χ1v) is 22.9. The zero-order valence-corrected chi connectivity index (χ0v) is 35.5. The topological polar surface area (TPSA) is 104 Å². The highest BCUT2D eigenvalue weighted by molar-refractivity contribution is 5.85. The van der Waals surface area contributed by atoms with E-state index in [0.717, 1.165) is 147 Å². The number of nitrogens with zero attached hydrogens (tertiary/aromatic N) is 6. The molecule has 62 heavy (non-hydrogen) atoms. The summed E-state index contributed by atoms with van der Waals surface area (Å²) in [5.74, 6) is 8.63. The van der Waals surface area contributed by atoms with Gasteiger partial charge in [-0.2, -0.15) is 0 Å². The zero-order chi connectivity index (χ0) is 41.8. The van der Waals surface area contributed by atoms with Crippen molar-refractivity contribution < 1.29 is 9.59 Å². The van der Waals surface area contributed by atoms with Gasteiger partial charge in [0.05, 0.1) is 29.3 Å². The Morgan fingerprint density at radius 1 is 0.565 bits per heavy atom. The number of hydrogen-bond acceptors (Lipinski definition) is 6. The Balaban J connectivity index is 0.816. The van der Waals surface area contributed by atoms with Gasteiger partial charge in [0.2, 0.25) is 11.8 Å². The largest absolute Gasteiger partial charge is 0.340 e. The second kappa shape index (κ2) is 18.1. The third kappa shape index (κ3) is 8.32. The molecule has 10 heteroatoms. The summed E-state index contributed by atoms with van der Waals surface area (Å²) in [7, 11) is 0. The molecule has 4 unspecified atom stereocenters. The van der Waals surface area contributed by atoms with Crippen molar-refractivity contribution in [3.8, 4) is 23.0 Å². The molecule has 10 rings (SSSR count). The van der Waals surface area contributed by atoms with E-state index in [0.29, 0.717) is 0 Å². The number of nitrogens with one attached hydrogen (secondary N) is 2. The van der Waals surface area contributed by atoms with Crippen LogP contribution >= 0.6 is 0 Å². The fourth-order valence-corrected chi connectivity index (χ4v) is 10.4. The molecule has 0 spiro atoms. The zero-order valence-electron chi connectivity index (χ0n) is 35.5. The molecule has 4 atom stereocenters. The lowest BCUT2D eigenvalue weighted by atomic mass is 10.00. The Hall–Kier alpha value is -6.02. The normalized spacial score (nSPS) is 20.8. The van der Waals surface area contributed by atoms with Crippen LogP contribution in [-0.4, -0.2) is 90.6 Å².